The Morgan fingerprint density at radius 2 is 1.61 bits per heavy atom. The molecule has 4 amide bonds. The van der Waals surface area contributed by atoms with Crippen molar-refractivity contribution in [2.75, 3.05) is 4.90 Å². The van der Waals surface area contributed by atoms with E-state index in [-0.39, 0.29) is 11.3 Å². The maximum atomic E-state index is 13.1. The van der Waals surface area contributed by atoms with E-state index in [0.717, 1.165) is 16.0 Å². The molecule has 1 aliphatic heterocycles. The molecule has 1 saturated heterocycles. The van der Waals surface area contributed by atoms with Gasteiger partial charge in [-0.05, 0) is 50.3 Å². The van der Waals surface area contributed by atoms with Gasteiger partial charge in [0.1, 0.15) is 11.3 Å². The molecule has 3 aromatic rings. The van der Waals surface area contributed by atoms with Gasteiger partial charge in [-0.2, -0.15) is 0 Å². The van der Waals surface area contributed by atoms with Crippen LogP contribution in [-0.2, 0) is 9.59 Å². The lowest BCUT2D eigenvalue weighted by atomic mass is 10.1. The first kappa shape index (κ1) is 21.7. The van der Waals surface area contributed by atoms with Crippen LogP contribution >= 0.6 is 0 Å². The average Bonchev–Trinajstić information content (AvgIpc) is 2.79. The number of carbonyl (C=O) groups excluding carboxylic acids is 4. The van der Waals surface area contributed by atoms with E-state index in [1.54, 1.807) is 66.7 Å². The lowest BCUT2D eigenvalue weighted by Gasteiger charge is -2.26. The first-order valence-corrected chi connectivity index (χ1v) is 10.2. The second-order valence-corrected chi connectivity index (χ2v) is 7.59. The Kier molecular flexibility index (Phi) is 5.87. The maximum Gasteiger partial charge on any atom is 0.343 e. The Labute approximate surface area is 190 Å². The number of rotatable bonds is 4. The van der Waals surface area contributed by atoms with E-state index in [9.17, 15) is 19.2 Å². The summed E-state index contributed by atoms with van der Waals surface area (Å²) in [7, 11) is 0. The van der Waals surface area contributed by atoms with Crippen LogP contribution in [0.3, 0.4) is 0 Å². The number of benzene rings is 3. The van der Waals surface area contributed by atoms with Crippen LogP contribution in [0.5, 0.6) is 5.75 Å². The van der Waals surface area contributed by atoms with Gasteiger partial charge < -0.3 is 4.74 Å². The van der Waals surface area contributed by atoms with Crippen LogP contribution in [0.15, 0.2) is 78.4 Å². The zero-order valence-electron chi connectivity index (χ0n) is 18.0. The van der Waals surface area contributed by atoms with E-state index >= 15 is 0 Å². The van der Waals surface area contributed by atoms with Gasteiger partial charge in [-0.25, -0.2) is 14.5 Å². The number of amides is 4. The fraction of sp³-hybridized carbons (Fsp3) is 0.0769. The molecular formula is C26H20N2O5. The minimum Gasteiger partial charge on any atom is -0.422 e. The molecule has 164 valence electrons. The van der Waals surface area contributed by atoms with Crippen LogP contribution in [0.4, 0.5) is 10.5 Å². The number of carbonyl (C=O) groups is 4. The van der Waals surface area contributed by atoms with Crippen molar-refractivity contribution in [3.05, 3.63) is 101 Å². The number of para-hydroxylation sites is 1. The standard InChI is InChI=1S/C26H20N2O5/c1-16-10-12-20(13-11-16)28-24(30)21(23(29)27-26(28)32)15-18-7-3-4-9-22(18)33-25(31)19-8-5-6-17(2)14-19/h3-15H,1-2H3,(H,27,29,32)/b21-15-. The van der Waals surface area contributed by atoms with Crippen LogP contribution in [0, 0.1) is 13.8 Å². The largest absolute Gasteiger partial charge is 0.422 e. The van der Waals surface area contributed by atoms with Gasteiger partial charge >= 0.3 is 12.0 Å². The van der Waals surface area contributed by atoms with E-state index in [1.807, 2.05) is 19.9 Å². The number of hydrogen-bond donors (Lipinski definition) is 1. The third-order valence-electron chi connectivity index (χ3n) is 5.07. The number of nitrogens with one attached hydrogen (secondary N) is 1. The van der Waals surface area contributed by atoms with Gasteiger partial charge in [0.05, 0.1) is 11.3 Å². The van der Waals surface area contributed by atoms with Gasteiger partial charge in [-0.3, -0.25) is 14.9 Å². The quantitative estimate of drug-likeness (QED) is 0.284. The Morgan fingerprint density at radius 1 is 0.879 bits per heavy atom. The van der Waals surface area contributed by atoms with Crippen LogP contribution in [0.2, 0.25) is 0 Å². The number of ether oxygens (including phenoxy) is 1. The van der Waals surface area contributed by atoms with Crippen molar-refractivity contribution >= 4 is 35.6 Å². The number of aryl methyl sites for hydroxylation is 2. The molecule has 0 unspecified atom stereocenters. The molecule has 0 saturated carbocycles. The molecule has 7 heteroatoms. The number of hydrogen-bond acceptors (Lipinski definition) is 5. The number of anilines is 1. The molecule has 0 radical (unpaired) electrons. The summed E-state index contributed by atoms with van der Waals surface area (Å²) in [5, 5.41) is 2.19. The topological polar surface area (TPSA) is 92.8 Å². The molecule has 0 aromatic heterocycles. The van der Waals surface area contributed by atoms with Crippen LogP contribution in [0.1, 0.15) is 27.0 Å². The van der Waals surface area contributed by atoms with Crippen LogP contribution in [-0.4, -0.2) is 23.8 Å². The molecule has 0 atom stereocenters. The summed E-state index contributed by atoms with van der Waals surface area (Å²) in [6.45, 7) is 3.75. The molecular weight excluding hydrogens is 420 g/mol. The molecule has 3 aromatic carbocycles. The molecule has 1 fully saturated rings. The fourth-order valence-corrected chi connectivity index (χ4v) is 3.36. The lowest BCUT2D eigenvalue weighted by molar-refractivity contribution is -0.122. The molecule has 1 N–H and O–H groups in total. The first-order valence-electron chi connectivity index (χ1n) is 10.2. The van der Waals surface area contributed by atoms with Crippen molar-refractivity contribution in [1.82, 2.24) is 5.32 Å². The van der Waals surface area contributed by atoms with Crippen LogP contribution in [0.25, 0.3) is 6.08 Å². The fourth-order valence-electron chi connectivity index (χ4n) is 3.36. The molecule has 4 rings (SSSR count). The summed E-state index contributed by atoms with van der Waals surface area (Å²) in [5.41, 5.74) is 2.66. The summed E-state index contributed by atoms with van der Waals surface area (Å²) < 4.78 is 5.54. The number of nitrogens with zero attached hydrogens (tertiary/aromatic N) is 1. The summed E-state index contributed by atoms with van der Waals surface area (Å²) in [4.78, 5) is 51.5. The molecule has 7 nitrogen and oxygen atoms in total. The highest BCUT2D eigenvalue weighted by Crippen LogP contribution is 2.26. The van der Waals surface area contributed by atoms with Gasteiger partial charge in [0.15, 0.2) is 0 Å². The highest BCUT2D eigenvalue weighted by molar-refractivity contribution is 6.39. The monoisotopic (exact) mass is 440 g/mol. The van der Waals surface area contributed by atoms with Crippen LogP contribution < -0.4 is 15.0 Å². The number of esters is 1. The zero-order valence-corrected chi connectivity index (χ0v) is 18.0. The summed E-state index contributed by atoms with van der Waals surface area (Å²) in [6.07, 6.45) is 1.31. The minimum absolute atomic E-state index is 0.177. The summed E-state index contributed by atoms with van der Waals surface area (Å²) >= 11 is 0. The van der Waals surface area contributed by atoms with Gasteiger partial charge in [0.2, 0.25) is 0 Å². The van der Waals surface area contributed by atoms with E-state index in [4.69, 9.17) is 4.74 Å². The average molecular weight is 440 g/mol. The number of imide groups is 2. The van der Waals surface area contributed by atoms with Gasteiger partial charge in [0.25, 0.3) is 11.8 Å². The maximum absolute atomic E-state index is 13.1. The first-order chi connectivity index (χ1) is 15.8. The molecule has 1 aliphatic rings. The van der Waals surface area contributed by atoms with Crippen molar-refractivity contribution < 1.29 is 23.9 Å². The third-order valence-corrected chi connectivity index (χ3v) is 5.07. The van der Waals surface area contributed by atoms with Crippen molar-refractivity contribution in [3.8, 4) is 5.75 Å². The summed E-state index contributed by atoms with van der Waals surface area (Å²) in [5.74, 6) is -1.99. The van der Waals surface area contributed by atoms with E-state index in [2.05, 4.69) is 5.32 Å². The second kappa shape index (κ2) is 8.92. The van der Waals surface area contributed by atoms with E-state index < -0.39 is 23.8 Å². The predicted molar refractivity (Wildman–Crippen MR) is 123 cm³/mol. The highest BCUT2D eigenvalue weighted by Gasteiger charge is 2.37. The second-order valence-electron chi connectivity index (χ2n) is 7.59. The molecule has 0 aliphatic carbocycles. The molecule has 1 heterocycles. The summed E-state index contributed by atoms with van der Waals surface area (Å²) in [6, 6.07) is 19.4. The van der Waals surface area contributed by atoms with Crippen molar-refractivity contribution in [2.45, 2.75) is 13.8 Å². The van der Waals surface area contributed by atoms with Gasteiger partial charge in [-0.15, -0.1) is 0 Å². The molecule has 33 heavy (non-hydrogen) atoms. The van der Waals surface area contributed by atoms with E-state index in [1.165, 1.54) is 6.08 Å². The lowest BCUT2D eigenvalue weighted by Crippen LogP contribution is -2.54. The van der Waals surface area contributed by atoms with Crippen molar-refractivity contribution in [2.24, 2.45) is 0 Å². The minimum atomic E-state index is -0.829. The van der Waals surface area contributed by atoms with Crippen molar-refractivity contribution in [3.63, 3.8) is 0 Å². The molecule has 0 spiro atoms. The smallest absolute Gasteiger partial charge is 0.343 e. The van der Waals surface area contributed by atoms with Crippen molar-refractivity contribution in [1.29, 1.82) is 0 Å². The third kappa shape index (κ3) is 4.57. The Balaban J connectivity index is 1.67. The molecule has 0 bridgehead atoms. The highest BCUT2D eigenvalue weighted by atomic mass is 16.5. The Bertz CT molecular complexity index is 1310. The number of urea groups is 1. The normalized spacial score (nSPS) is 14.9. The number of barbiturate groups is 1. The zero-order chi connectivity index (χ0) is 23.5. The predicted octanol–water partition coefficient (Wildman–Crippen LogP) is 4.19. The van der Waals surface area contributed by atoms with Gasteiger partial charge in [0, 0.05) is 5.56 Å². The Hall–Kier alpha value is -4.52. The Morgan fingerprint density at radius 3 is 2.33 bits per heavy atom. The van der Waals surface area contributed by atoms with E-state index in [0.29, 0.717) is 16.8 Å². The van der Waals surface area contributed by atoms with Gasteiger partial charge in [-0.1, -0.05) is 53.6 Å². The SMILES string of the molecule is Cc1ccc(N2C(=O)NC(=O)/C(=C/c3ccccc3OC(=O)c3cccc(C)c3)C2=O)cc1.